The van der Waals surface area contributed by atoms with Gasteiger partial charge < -0.3 is 5.32 Å². The molecule has 2 heterocycles. The number of carbonyl (C=O) groups excluding carboxylic acids is 3. The van der Waals surface area contributed by atoms with Crippen LogP contribution >= 0.6 is 27.7 Å². The Kier molecular flexibility index (Phi) is 3.92. The van der Waals surface area contributed by atoms with E-state index < -0.39 is 11.2 Å². The summed E-state index contributed by atoms with van der Waals surface area (Å²) >= 11 is 4.78. The van der Waals surface area contributed by atoms with Crippen LogP contribution < -0.4 is 10.2 Å². The van der Waals surface area contributed by atoms with Crippen LogP contribution in [0.2, 0.25) is 0 Å². The molecule has 1 N–H and O–H groups in total. The van der Waals surface area contributed by atoms with Crippen molar-refractivity contribution in [3.8, 4) is 0 Å². The molecule has 0 spiro atoms. The van der Waals surface area contributed by atoms with Crippen LogP contribution in [0.5, 0.6) is 0 Å². The van der Waals surface area contributed by atoms with Crippen molar-refractivity contribution >= 4 is 56.8 Å². The van der Waals surface area contributed by atoms with Crippen LogP contribution in [-0.2, 0) is 14.4 Å². The van der Waals surface area contributed by atoms with Crippen LogP contribution in [0.15, 0.2) is 51.8 Å². The summed E-state index contributed by atoms with van der Waals surface area (Å²) in [6, 6.07) is 12.8. The standard InChI is InChI=1S/C18H13BrN2O3S/c1-9(22)21-13-7-6-10(19)8-11(13)15(18(21)24)16-17(23)20-12-4-2-3-5-14(12)25-16/h2-8,15-16H,1H3,(H,20,23)/t15-,16-/m1/s1. The molecule has 0 saturated heterocycles. The third-order valence-corrected chi connectivity index (χ3v) is 6.17. The van der Waals surface area contributed by atoms with E-state index in [2.05, 4.69) is 21.2 Å². The van der Waals surface area contributed by atoms with Gasteiger partial charge in [0.1, 0.15) is 5.25 Å². The van der Waals surface area contributed by atoms with Crippen molar-refractivity contribution in [2.24, 2.45) is 0 Å². The van der Waals surface area contributed by atoms with Crippen molar-refractivity contribution in [3.63, 3.8) is 0 Å². The van der Waals surface area contributed by atoms with E-state index >= 15 is 0 Å². The van der Waals surface area contributed by atoms with Crippen LogP contribution in [0, 0.1) is 0 Å². The number of carbonyl (C=O) groups is 3. The van der Waals surface area contributed by atoms with Gasteiger partial charge in [0, 0.05) is 16.3 Å². The van der Waals surface area contributed by atoms with Crippen molar-refractivity contribution in [2.45, 2.75) is 23.0 Å². The molecule has 2 aliphatic rings. The van der Waals surface area contributed by atoms with E-state index in [1.165, 1.54) is 23.6 Å². The number of hydrogen-bond donors (Lipinski definition) is 1. The molecular weight excluding hydrogens is 404 g/mol. The molecule has 0 fully saturated rings. The first-order valence-corrected chi connectivity index (χ1v) is 9.35. The summed E-state index contributed by atoms with van der Waals surface area (Å²) in [4.78, 5) is 39.7. The Morgan fingerprint density at radius 2 is 1.96 bits per heavy atom. The van der Waals surface area contributed by atoms with Gasteiger partial charge >= 0.3 is 0 Å². The van der Waals surface area contributed by atoms with Crippen molar-refractivity contribution < 1.29 is 14.4 Å². The number of rotatable bonds is 1. The molecule has 25 heavy (non-hydrogen) atoms. The molecular formula is C18H13BrN2O3S. The van der Waals surface area contributed by atoms with E-state index in [0.29, 0.717) is 11.3 Å². The maximum Gasteiger partial charge on any atom is 0.243 e. The SMILES string of the molecule is CC(=O)N1C(=O)[C@@H]([C@H]2Sc3ccccc3NC2=O)c2cc(Br)ccc21. The number of para-hydroxylation sites is 1. The Bertz CT molecular complexity index is 930. The highest BCUT2D eigenvalue weighted by molar-refractivity contribution is 9.10. The Hall–Kier alpha value is -2.12. The molecule has 3 amide bonds. The van der Waals surface area contributed by atoms with Crippen molar-refractivity contribution in [1.29, 1.82) is 0 Å². The quantitative estimate of drug-likeness (QED) is 0.771. The number of benzene rings is 2. The summed E-state index contributed by atoms with van der Waals surface area (Å²) < 4.78 is 0.802. The lowest BCUT2D eigenvalue weighted by Crippen LogP contribution is -2.40. The third kappa shape index (κ3) is 2.58. The highest BCUT2D eigenvalue weighted by Gasteiger charge is 2.47. The van der Waals surface area contributed by atoms with Gasteiger partial charge in [-0.1, -0.05) is 28.1 Å². The molecule has 126 valence electrons. The van der Waals surface area contributed by atoms with Crippen LogP contribution in [-0.4, -0.2) is 23.0 Å². The fraction of sp³-hybridized carbons (Fsp3) is 0.167. The van der Waals surface area contributed by atoms with Crippen LogP contribution in [0.25, 0.3) is 0 Å². The second kappa shape index (κ2) is 6.00. The number of hydrogen-bond acceptors (Lipinski definition) is 4. The Morgan fingerprint density at radius 3 is 2.72 bits per heavy atom. The van der Waals surface area contributed by atoms with Crippen molar-refractivity contribution in [2.75, 3.05) is 10.2 Å². The fourth-order valence-electron chi connectivity index (χ4n) is 3.27. The number of fused-ring (bicyclic) bond motifs is 2. The zero-order valence-corrected chi connectivity index (χ0v) is 15.6. The summed E-state index contributed by atoms with van der Waals surface area (Å²) in [6.45, 7) is 1.36. The van der Waals surface area contributed by atoms with Gasteiger partial charge in [-0.05, 0) is 35.9 Å². The zero-order valence-electron chi connectivity index (χ0n) is 13.2. The molecule has 4 rings (SSSR count). The predicted molar refractivity (Wildman–Crippen MR) is 99.8 cm³/mol. The molecule has 0 aliphatic carbocycles. The zero-order chi connectivity index (χ0) is 17.7. The van der Waals surface area contributed by atoms with E-state index in [1.807, 2.05) is 30.3 Å². The molecule has 0 saturated carbocycles. The number of imide groups is 1. The number of nitrogens with one attached hydrogen (secondary N) is 1. The molecule has 2 aromatic carbocycles. The first-order chi connectivity index (χ1) is 12.0. The Balaban J connectivity index is 1.81. The normalized spacial score (nSPS) is 21.6. The second-order valence-electron chi connectivity index (χ2n) is 5.90. The Labute approximate surface area is 156 Å². The summed E-state index contributed by atoms with van der Waals surface area (Å²) in [5, 5.41) is 2.24. The second-order valence-corrected chi connectivity index (χ2v) is 8.00. The summed E-state index contributed by atoms with van der Waals surface area (Å²) in [5.41, 5.74) is 2.00. The number of halogens is 1. The number of amides is 3. The van der Waals surface area contributed by atoms with Gasteiger partial charge in [-0.2, -0.15) is 0 Å². The van der Waals surface area contributed by atoms with Gasteiger partial charge in [0.15, 0.2) is 0 Å². The molecule has 0 bridgehead atoms. The van der Waals surface area contributed by atoms with Gasteiger partial charge in [0.25, 0.3) is 0 Å². The average molecular weight is 417 g/mol. The van der Waals surface area contributed by atoms with Crippen LogP contribution in [0.4, 0.5) is 11.4 Å². The van der Waals surface area contributed by atoms with Gasteiger partial charge in [0.2, 0.25) is 17.7 Å². The maximum atomic E-state index is 13.0. The van der Waals surface area contributed by atoms with E-state index in [0.717, 1.165) is 15.1 Å². The molecule has 0 unspecified atom stereocenters. The van der Waals surface area contributed by atoms with E-state index in [4.69, 9.17) is 0 Å². The number of nitrogens with zero attached hydrogens (tertiary/aromatic N) is 1. The molecule has 7 heteroatoms. The van der Waals surface area contributed by atoms with Crippen molar-refractivity contribution in [3.05, 3.63) is 52.5 Å². The van der Waals surface area contributed by atoms with Gasteiger partial charge in [0.05, 0.1) is 17.3 Å². The first kappa shape index (κ1) is 16.4. The summed E-state index contributed by atoms with van der Waals surface area (Å²) in [5.74, 6) is -1.63. The smallest absolute Gasteiger partial charge is 0.243 e. The number of thioether (sulfide) groups is 1. The monoisotopic (exact) mass is 416 g/mol. The highest BCUT2D eigenvalue weighted by atomic mass is 79.9. The van der Waals surface area contributed by atoms with E-state index in [1.54, 1.807) is 12.1 Å². The lowest BCUT2D eigenvalue weighted by molar-refractivity contribution is -0.127. The highest BCUT2D eigenvalue weighted by Crippen LogP contribution is 2.48. The topological polar surface area (TPSA) is 66.5 Å². The van der Waals surface area contributed by atoms with Gasteiger partial charge in [-0.25, -0.2) is 4.90 Å². The van der Waals surface area contributed by atoms with Gasteiger partial charge in [-0.15, -0.1) is 11.8 Å². The molecule has 0 aromatic heterocycles. The first-order valence-electron chi connectivity index (χ1n) is 7.68. The van der Waals surface area contributed by atoms with Gasteiger partial charge in [-0.3, -0.25) is 14.4 Å². The lowest BCUT2D eigenvalue weighted by Gasteiger charge is -2.27. The largest absolute Gasteiger partial charge is 0.324 e. The minimum Gasteiger partial charge on any atom is -0.324 e. The maximum absolute atomic E-state index is 13.0. The van der Waals surface area contributed by atoms with E-state index in [9.17, 15) is 14.4 Å². The molecule has 0 radical (unpaired) electrons. The molecule has 2 atom stereocenters. The van der Waals surface area contributed by atoms with Crippen LogP contribution in [0.3, 0.4) is 0 Å². The summed E-state index contributed by atoms with van der Waals surface area (Å²) in [7, 11) is 0. The van der Waals surface area contributed by atoms with Crippen LogP contribution in [0.1, 0.15) is 18.4 Å². The Morgan fingerprint density at radius 1 is 1.20 bits per heavy atom. The number of anilines is 2. The summed E-state index contributed by atoms with van der Waals surface area (Å²) in [6.07, 6.45) is 0. The van der Waals surface area contributed by atoms with Crippen molar-refractivity contribution in [1.82, 2.24) is 0 Å². The average Bonchev–Trinajstić information content (AvgIpc) is 2.85. The predicted octanol–water partition coefficient (Wildman–Crippen LogP) is 3.54. The fourth-order valence-corrected chi connectivity index (χ4v) is 4.89. The molecule has 5 nitrogen and oxygen atoms in total. The van der Waals surface area contributed by atoms with E-state index in [-0.39, 0.29) is 17.7 Å². The third-order valence-electron chi connectivity index (χ3n) is 4.33. The molecule has 2 aliphatic heterocycles. The minimum atomic E-state index is -0.699. The lowest BCUT2D eigenvalue weighted by atomic mass is 9.96. The minimum absolute atomic E-state index is 0.224. The molecule has 2 aromatic rings.